The van der Waals surface area contributed by atoms with Crippen LogP contribution in [0.4, 0.5) is 9.18 Å². The second-order valence-corrected chi connectivity index (χ2v) is 6.70. The highest BCUT2D eigenvalue weighted by Crippen LogP contribution is 2.17. The van der Waals surface area contributed by atoms with Crippen LogP contribution < -0.4 is 0 Å². The van der Waals surface area contributed by atoms with Crippen molar-refractivity contribution < 1.29 is 18.4 Å². The number of nitrogens with zero attached hydrogens (tertiary/aromatic N) is 4. The Morgan fingerprint density at radius 1 is 1.40 bits per heavy atom. The van der Waals surface area contributed by atoms with Crippen LogP contribution in [0.2, 0.25) is 0 Å². The van der Waals surface area contributed by atoms with Crippen LogP contribution in [-0.2, 0) is 11.2 Å². The zero-order valence-corrected chi connectivity index (χ0v) is 15.1. The minimum Gasteiger partial charge on any atom is -0.444 e. The summed E-state index contributed by atoms with van der Waals surface area (Å²) in [4.78, 5) is 22.0. The number of carbonyl (C=O) groups is 1. The predicted molar refractivity (Wildman–Crippen MR) is 89.3 cm³/mol. The Morgan fingerprint density at radius 3 is 2.68 bits per heavy atom. The molecule has 2 aromatic rings. The summed E-state index contributed by atoms with van der Waals surface area (Å²) < 4.78 is 23.5. The van der Waals surface area contributed by atoms with Gasteiger partial charge in [-0.05, 0) is 46.8 Å². The molecule has 0 aliphatic heterocycles. The first kappa shape index (κ1) is 18.8. The van der Waals surface area contributed by atoms with E-state index >= 15 is 0 Å². The highest BCUT2D eigenvalue weighted by atomic mass is 19.1. The van der Waals surface area contributed by atoms with E-state index in [1.54, 1.807) is 4.90 Å². The van der Waals surface area contributed by atoms with Gasteiger partial charge in [-0.3, -0.25) is 0 Å². The fourth-order valence-electron chi connectivity index (χ4n) is 2.26. The van der Waals surface area contributed by atoms with Gasteiger partial charge in [0.25, 0.3) is 5.89 Å². The lowest BCUT2D eigenvalue weighted by Gasteiger charge is -2.30. The molecule has 136 valence electrons. The van der Waals surface area contributed by atoms with Crippen LogP contribution in [0.15, 0.2) is 22.9 Å². The van der Waals surface area contributed by atoms with Gasteiger partial charge in [0.15, 0.2) is 5.82 Å². The molecule has 0 unspecified atom stereocenters. The van der Waals surface area contributed by atoms with E-state index in [0.717, 1.165) is 6.20 Å². The summed E-state index contributed by atoms with van der Waals surface area (Å²) in [5, 5.41) is 3.91. The lowest BCUT2D eigenvalue weighted by molar-refractivity contribution is 0.0187. The molecule has 0 bridgehead atoms. The highest BCUT2D eigenvalue weighted by Gasteiger charge is 2.26. The predicted octanol–water partition coefficient (Wildman–Crippen LogP) is 3.46. The van der Waals surface area contributed by atoms with E-state index in [1.165, 1.54) is 12.1 Å². The smallest absolute Gasteiger partial charge is 0.410 e. The summed E-state index contributed by atoms with van der Waals surface area (Å²) in [6, 6.07) is 2.57. The number of ether oxygens (including phenoxy) is 1. The van der Waals surface area contributed by atoms with Crippen LogP contribution in [0.25, 0.3) is 11.6 Å². The average Bonchev–Trinajstić information content (AvgIpc) is 2.95. The molecule has 0 aliphatic rings. The third-order valence-electron chi connectivity index (χ3n) is 3.39. The van der Waals surface area contributed by atoms with Crippen LogP contribution in [0.1, 0.15) is 40.4 Å². The number of hydrogen-bond donors (Lipinski definition) is 0. The highest BCUT2D eigenvalue weighted by molar-refractivity contribution is 5.68. The Morgan fingerprint density at radius 2 is 2.12 bits per heavy atom. The van der Waals surface area contributed by atoms with Crippen LogP contribution in [-0.4, -0.2) is 44.3 Å². The quantitative estimate of drug-likeness (QED) is 0.821. The van der Waals surface area contributed by atoms with Gasteiger partial charge in [-0.2, -0.15) is 4.98 Å². The van der Waals surface area contributed by atoms with Crippen LogP contribution in [0.3, 0.4) is 0 Å². The topological polar surface area (TPSA) is 81.4 Å². The summed E-state index contributed by atoms with van der Waals surface area (Å²) in [5.41, 5.74) is -0.162. The van der Waals surface area contributed by atoms with Gasteiger partial charge >= 0.3 is 6.09 Å². The van der Waals surface area contributed by atoms with Gasteiger partial charge < -0.3 is 14.2 Å². The van der Waals surface area contributed by atoms with Crippen molar-refractivity contribution in [3.63, 3.8) is 0 Å². The first-order valence-electron chi connectivity index (χ1n) is 8.13. The van der Waals surface area contributed by atoms with E-state index in [4.69, 9.17) is 9.26 Å². The van der Waals surface area contributed by atoms with Gasteiger partial charge in [0.1, 0.15) is 17.1 Å². The Labute approximate surface area is 146 Å². The summed E-state index contributed by atoms with van der Waals surface area (Å²) in [6.45, 7) is 9.74. The molecule has 2 rings (SSSR count). The molecule has 2 heterocycles. The number of pyridine rings is 1. The molecule has 0 saturated carbocycles. The third-order valence-corrected chi connectivity index (χ3v) is 3.39. The lowest BCUT2D eigenvalue weighted by Crippen LogP contribution is -2.43. The van der Waals surface area contributed by atoms with Crippen molar-refractivity contribution in [2.24, 2.45) is 0 Å². The molecule has 1 atom stereocenters. The van der Waals surface area contributed by atoms with Gasteiger partial charge in [0.2, 0.25) is 0 Å². The maximum Gasteiger partial charge on any atom is 0.410 e. The Bertz CT molecular complexity index is 709. The zero-order chi connectivity index (χ0) is 18.6. The maximum absolute atomic E-state index is 12.9. The molecule has 0 radical (unpaired) electrons. The van der Waals surface area contributed by atoms with E-state index < -0.39 is 11.4 Å². The number of carbonyl (C=O) groups excluding carboxylic acids is 1. The second kappa shape index (κ2) is 7.58. The average molecular weight is 350 g/mol. The monoisotopic (exact) mass is 350 g/mol. The number of halogens is 1. The standard InChI is InChI=1S/C17H23FN4O3/c1-6-22(16(23)24-17(3,4)5)11(2)9-14-20-15(25-21-14)13-8-7-12(18)10-19-13/h7-8,10-11H,6,9H2,1-5H3/t11-/m0/s1. The van der Waals surface area contributed by atoms with Crippen LogP contribution in [0.5, 0.6) is 0 Å². The number of rotatable bonds is 5. The number of amides is 1. The molecule has 25 heavy (non-hydrogen) atoms. The largest absolute Gasteiger partial charge is 0.444 e. The maximum atomic E-state index is 12.9. The van der Waals surface area contributed by atoms with Crippen molar-refractivity contribution >= 4 is 6.09 Å². The molecule has 2 aromatic heterocycles. The Kier molecular flexibility index (Phi) is 5.71. The second-order valence-electron chi connectivity index (χ2n) is 6.70. The van der Waals surface area contributed by atoms with Crippen LogP contribution >= 0.6 is 0 Å². The van der Waals surface area contributed by atoms with Gasteiger partial charge in [-0.25, -0.2) is 14.2 Å². The molecular formula is C17H23FN4O3. The zero-order valence-electron chi connectivity index (χ0n) is 15.1. The minimum atomic E-state index is -0.558. The van der Waals surface area contributed by atoms with Crippen LogP contribution in [0, 0.1) is 5.82 Å². The normalized spacial score (nSPS) is 12.7. The van der Waals surface area contributed by atoms with Crippen molar-refractivity contribution in [1.82, 2.24) is 20.0 Å². The minimum absolute atomic E-state index is 0.175. The molecule has 0 fully saturated rings. The van der Waals surface area contributed by atoms with Crippen molar-refractivity contribution in [2.45, 2.75) is 52.7 Å². The molecular weight excluding hydrogens is 327 g/mol. The Hall–Kier alpha value is -2.51. The fourth-order valence-corrected chi connectivity index (χ4v) is 2.26. The van der Waals surface area contributed by atoms with Crippen molar-refractivity contribution in [3.8, 4) is 11.6 Å². The first-order valence-corrected chi connectivity index (χ1v) is 8.13. The van der Waals surface area contributed by atoms with E-state index in [0.29, 0.717) is 24.5 Å². The van der Waals surface area contributed by atoms with Gasteiger partial charge in [0, 0.05) is 19.0 Å². The first-order chi connectivity index (χ1) is 11.7. The molecule has 0 aromatic carbocycles. The van der Waals surface area contributed by atoms with Crippen molar-refractivity contribution in [2.75, 3.05) is 6.54 Å². The fraction of sp³-hybridized carbons (Fsp3) is 0.529. The number of aromatic nitrogens is 3. The summed E-state index contributed by atoms with van der Waals surface area (Å²) in [6.07, 6.45) is 1.10. The molecule has 8 heteroatoms. The number of likely N-dealkylation sites (N-methyl/N-ethyl adjacent to an activating group) is 1. The summed E-state index contributed by atoms with van der Waals surface area (Å²) in [5.74, 6) is 0.214. The third kappa shape index (κ3) is 5.23. The summed E-state index contributed by atoms with van der Waals surface area (Å²) in [7, 11) is 0. The number of hydrogen-bond acceptors (Lipinski definition) is 6. The molecule has 1 amide bonds. The Balaban J connectivity index is 2.05. The van der Waals surface area contributed by atoms with Gasteiger partial charge in [0.05, 0.1) is 6.20 Å². The van der Waals surface area contributed by atoms with Crippen molar-refractivity contribution in [3.05, 3.63) is 30.0 Å². The van der Waals surface area contributed by atoms with E-state index in [2.05, 4.69) is 15.1 Å². The van der Waals surface area contributed by atoms with Gasteiger partial charge in [-0.15, -0.1) is 0 Å². The molecule has 0 spiro atoms. The summed E-state index contributed by atoms with van der Waals surface area (Å²) >= 11 is 0. The molecule has 0 aliphatic carbocycles. The van der Waals surface area contributed by atoms with Gasteiger partial charge in [-0.1, -0.05) is 5.16 Å². The molecule has 0 saturated heterocycles. The molecule has 0 N–H and O–H groups in total. The van der Waals surface area contributed by atoms with E-state index in [-0.39, 0.29) is 18.0 Å². The van der Waals surface area contributed by atoms with E-state index in [1.807, 2.05) is 34.6 Å². The lowest BCUT2D eigenvalue weighted by atomic mass is 10.2. The van der Waals surface area contributed by atoms with Crippen molar-refractivity contribution in [1.29, 1.82) is 0 Å². The molecule has 7 nitrogen and oxygen atoms in total. The van der Waals surface area contributed by atoms with E-state index in [9.17, 15) is 9.18 Å². The SMILES string of the molecule is CCN(C(=O)OC(C)(C)C)[C@@H](C)Cc1noc(-c2ccc(F)cn2)n1.